The first-order chi connectivity index (χ1) is 9.19. The van der Waals surface area contributed by atoms with Gasteiger partial charge in [0.1, 0.15) is 11.5 Å². The van der Waals surface area contributed by atoms with Gasteiger partial charge in [0.2, 0.25) is 5.91 Å². The van der Waals surface area contributed by atoms with Crippen LogP contribution < -0.4 is 15.5 Å². The Bertz CT molecular complexity index is 508. The minimum atomic E-state index is -0.302. The van der Waals surface area contributed by atoms with Crippen molar-refractivity contribution < 1.29 is 14.3 Å². The fraction of sp³-hybridized carbons (Fsp3) is 0.308. The average Bonchev–Trinajstić information content (AvgIpc) is 2.42. The third-order valence-corrected chi connectivity index (χ3v) is 2.59. The molecule has 1 aromatic carbocycles. The molecule has 0 aromatic heterocycles. The molecule has 0 saturated carbocycles. The van der Waals surface area contributed by atoms with E-state index in [4.69, 9.17) is 4.74 Å². The van der Waals surface area contributed by atoms with Crippen LogP contribution >= 0.6 is 0 Å². The van der Waals surface area contributed by atoms with E-state index in [1.165, 1.54) is 0 Å². The summed E-state index contributed by atoms with van der Waals surface area (Å²) in [6.07, 6.45) is 0.643. The molecule has 0 spiro atoms. The highest BCUT2D eigenvalue weighted by Crippen LogP contribution is 2.16. The van der Waals surface area contributed by atoms with E-state index in [0.717, 1.165) is 5.75 Å². The van der Waals surface area contributed by atoms with Crippen LogP contribution in [0.3, 0.4) is 0 Å². The van der Waals surface area contributed by atoms with Crippen molar-refractivity contribution >= 4 is 23.2 Å². The molecule has 0 radical (unpaired) electrons. The lowest BCUT2D eigenvalue weighted by atomic mass is 10.1. The first-order valence-electron chi connectivity index (χ1n) is 6.08. The van der Waals surface area contributed by atoms with Gasteiger partial charge in [-0.2, -0.15) is 5.10 Å². The highest BCUT2D eigenvalue weighted by atomic mass is 16.5. The molecular weight excluding hydrogens is 246 g/mol. The van der Waals surface area contributed by atoms with Gasteiger partial charge >= 0.3 is 0 Å². The molecule has 2 amide bonds. The van der Waals surface area contributed by atoms with Crippen LogP contribution in [0.15, 0.2) is 29.4 Å². The third-order valence-electron chi connectivity index (χ3n) is 2.59. The monoisotopic (exact) mass is 261 g/mol. The van der Waals surface area contributed by atoms with Crippen LogP contribution in [0.2, 0.25) is 0 Å². The summed E-state index contributed by atoms with van der Waals surface area (Å²) < 4.78 is 5.31. The Balaban J connectivity index is 1.97. The number of amides is 2. The maximum absolute atomic E-state index is 11.9. The molecule has 1 aromatic rings. The predicted octanol–water partition coefficient (Wildman–Crippen LogP) is 1.29. The second kappa shape index (κ2) is 5.99. The smallest absolute Gasteiger partial charge is 0.271 e. The fourth-order valence-corrected chi connectivity index (χ4v) is 1.64. The largest absolute Gasteiger partial charge is 0.494 e. The van der Waals surface area contributed by atoms with E-state index in [0.29, 0.717) is 24.4 Å². The van der Waals surface area contributed by atoms with E-state index < -0.39 is 0 Å². The summed E-state index contributed by atoms with van der Waals surface area (Å²) in [6.45, 7) is 2.51. The second-order valence-corrected chi connectivity index (χ2v) is 4.00. The van der Waals surface area contributed by atoms with Crippen molar-refractivity contribution in [3.8, 4) is 5.75 Å². The van der Waals surface area contributed by atoms with Crippen LogP contribution in [0.1, 0.15) is 19.8 Å². The van der Waals surface area contributed by atoms with E-state index in [-0.39, 0.29) is 18.2 Å². The number of anilines is 1. The standard InChI is InChI=1S/C13H15N3O3/c1-2-19-10-5-3-9(4-6-10)14-13(18)11-7-8-12(17)16-15-11/h3-6H,2,7-8H2,1H3,(H,14,18)(H,16,17). The van der Waals surface area contributed by atoms with Crippen LogP contribution in [-0.2, 0) is 9.59 Å². The topological polar surface area (TPSA) is 79.8 Å². The Morgan fingerprint density at radius 1 is 1.37 bits per heavy atom. The number of ether oxygens (including phenoxy) is 1. The van der Waals surface area contributed by atoms with Gasteiger partial charge in [0.25, 0.3) is 5.91 Å². The minimum Gasteiger partial charge on any atom is -0.494 e. The van der Waals surface area contributed by atoms with E-state index in [1.807, 2.05) is 6.92 Å². The lowest BCUT2D eigenvalue weighted by Gasteiger charge is -2.12. The molecule has 1 aliphatic heterocycles. The first-order valence-corrected chi connectivity index (χ1v) is 6.08. The number of hydrazone groups is 1. The molecule has 0 fully saturated rings. The van der Waals surface area contributed by atoms with E-state index in [1.54, 1.807) is 24.3 Å². The molecule has 19 heavy (non-hydrogen) atoms. The Labute approximate surface area is 110 Å². The maximum atomic E-state index is 11.9. The van der Waals surface area contributed by atoms with Gasteiger partial charge in [0.15, 0.2) is 0 Å². The van der Waals surface area contributed by atoms with Crippen molar-refractivity contribution in [1.29, 1.82) is 0 Å². The number of nitrogens with zero attached hydrogens (tertiary/aromatic N) is 1. The predicted molar refractivity (Wildman–Crippen MR) is 71.1 cm³/mol. The van der Waals surface area contributed by atoms with Crippen LogP contribution in [0.25, 0.3) is 0 Å². The molecule has 1 heterocycles. The quantitative estimate of drug-likeness (QED) is 0.857. The molecular formula is C13H15N3O3. The van der Waals surface area contributed by atoms with Crippen LogP contribution in [0.5, 0.6) is 5.75 Å². The first kappa shape index (κ1) is 13.1. The van der Waals surface area contributed by atoms with Crippen LogP contribution in [0.4, 0.5) is 5.69 Å². The summed E-state index contributed by atoms with van der Waals surface area (Å²) in [7, 11) is 0. The Morgan fingerprint density at radius 2 is 2.11 bits per heavy atom. The Morgan fingerprint density at radius 3 is 2.68 bits per heavy atom. The second-order valence-electron chi connectivity index (χ2n) is 4.00. The van der Waals surface area contributed by atoms with Gasteiger partial charge in [-0.25, -0.2) is 5.43 Å². The highest BCUT2D eigenvalue weighted by molar-refractivity contribution is 6.43. The van der Waals surface area contributed by atoms with Gasteiger partial charge in [-0.3, -0.25) is 9.59 Å². The molecule has 0 unspecified atom stereocenters. The summed E-state index contributed by atoms with van der Waals surface area (Å²) in [6, 6.07) is 7.07. The number of hydrogen-bond donors (Lipinski definition) is 2. The maximum Gasteiger partial charge on any atom is 0.271 e. The lowest BCUT2D eigenvalue weighted by Crippen LogP contribution is -2.32. The highest BCUT2D eigenvalue weighted by Gasteiger charge is 2.18. The van der Waals surface area contributed by atoms with Gasteiger partial charge in [0.05, 0.1) is 6.61 Å². The van der Waals surface area contributed by atoms with Gasteiger partial charge in [-0.05, 0) is 31.2 Å². The number of rotatable bonds is 4. The molecule has 0 saturated heterocycles. The zero-order chi connectivity index (χ0) is 13.7. The van der Waals surface area contributed by atoms with E-state index in [2.05, 4.69) is 15.8 Å². The zero-order valence-electron chi connectivity index (χ0n) is 10.6. The number of carbonyl (C=O) groups excluding carboxylic acids is 2. The molecule has 1 aliphatic rings. The van der Waals surface area contributed by atoms with Gasteiger partial charge in [-0.15, -0.1) is 0 Å². The van der Waals surface area contributed by atoms with Crippen molar-refractivity contribution in [1.82, 2.24) is 5.43 Å². The number of nitrogens with one attached hydrogen (secondary N) is 2. The van der Waals surface area contributed by atoms with Crippen molar-refractivity contribution in [3.63, 3.8) is 0 Å². The Kier molecular flexibility index (Phi) is 4.12. The van der Waals surface area contributed by atoms with Gasteiger partial charge in [-0.1, -0.05) is 0 Å². The number of hydrogen-bond acceptors (Lipinski definition) is 4. The number of benzene rings is 1. The molecule has 0 atom stereocenters. The summed E-state index contributed by atoms with van der Waals surface area (Å²) in [5.41, 5.74) is 3.28. The minimum absolute atomic E-state index is 0.169. The van der Waals surface area contributed by atoms with Crippen LogP contribution in [-0.4, -0.2) is 24.1 Å². The number of carbonyl (C=O) groups is 2. The molecule has 100 valence electrons. The van der Waals surface area contributed by atoms with Crippen molar-refractivity contribution in [2.45, 2.75) is 19.8 Å². The van der Waals surface area contributed by atoms with Crippen LogP contribution in [0, 0.1) is 0 Å². The lowest BCUT2D eigenvalue weighted by molar-refractivity contribution is -0.121. The van der Waals surface area contributed by atoms with Crippen molar-refractivity contribution in [2.75, 3.05) is 11.9 Å². The summed E-state index contributed by atoms with van der Waals surface area (Å²) in [5, 5.41) is 6.45. The van der Waals surface area contributed by atoms with Gasteiger partial charge in [0, 0.05) is 18.5 Å². The molecule has 6 heteroatoms. The molecule has 2 N–H and O–H groups in total. The third kappa shape index (κ3) is 3.54. The van der Waals surface area contributed by atoms with E-state index >= 15 is 0 Å². The fourth-order valence-electron chi connectivity index (χ4n) is 1.64. The summed E-state index contributed by atoms with van der Waals surface area (Å²) in [5.74, 6) is 0.282. The summed E-state index contributed by atoms with van der Waals surface area (Å²) >= 11 is 0. The normalized spacial score (nSPS) is 14.4. The molecule has 2 rings (SSSR count). The Hall–Kier alpha value is -2.37. The molecule has 6 nitrogen and oxygen atoms in total. The molecule has 0 bridgehead atoms. The van der Waals surface area contributed by atoms with Gasteiger partial charge < -0.3 is 10.1 Å². The van der Waals surface area contributed by atoms with Crippen molar-refractivity contribution in [3.05, 3.63) is 24.3 Å². The zero-order valence-corrected chi connectivity index (χ0v) is 10.6. The SMILES string of the molecule is CCOc1ccc(NC(=O)C2=NNC(=O)CC2)cc1. The average molecular weight is 261 g/mol. The molecule has 0 aliphatic carbocycles. The summed E-state index contributed by atoms with van der Waals surface area (Å²) in [4.78, 5) is 22.8. The van der Waals surface area contributed by atoms with Crippen molar-refractivity contribution in [2.24, 2.45) is 5.10 Å². The van der Waals surface area contributed by atoms with E-state index in [9.17, 15) is 9.59 Å².